The minimum atomic E-state index is -0.247. The Morgan fingerprint density at radius 3 is 2.69 bits per heavy atom. The van der Waals surface area contributed by atoms with E-state index in [9.17, 15) is 4.79 Å². The Morgan fingerprint density at radius 2 is 1.81 bits per heavy atom. The molecule has 2 heterocycles. The zero-order valence-electron chi connectivity index (χ0n) is 13.9. The molecule has 6 heteroatoms. The minimum Gasteiger partial charge on any atom is -0.454 e. The highest BCUT2D eigenvalue weighted by atomic mass is 16.7. The van der Waals surface area contributed by atoms with Crippen LogP contribution in [0.15, 0.2) is 66.9 Å². The van der Waals surface area contributed by atoms with Crippen LogP contribution < -0.4 is 20.1 Å². The average Bonchev–Trinajstić information content (AvgIpc) is 3.15. The Morgan fingerprint density at radius 1 is 0.962 bits per heavy atom. The molecule has 4 rings (SSSR count). The number of pyridine rings is 1. The Labute approximate surface area is 150 Å². The summed E-state index contributed by atoms with van der Waals surface area (Å²) in [6, 6.07) is 18.7. The maximum atomic E-state index is 12.3. The number of carbonyl (C=O) groups excluding carboxylic acids is 1. The number of nitrogens with zero attached hydrogens (tertiary/aromatic N) is 1. The largest absolute Gasteiger partial charge is 0.454 e. The van der Waals surface area contributed by atoms with Crippen molar-refractivity contribution in [3.8, 4) is 11.5 Å². The van der Waals surface area contributed by atoms with Crippen molar-refractivity contribution >= 4 is 17.3 Å². The molecule has 2 N–H and O–H groups in total. The zero-order valence-corrected chi connectivity index (χ0v) is 13.9. The smallest absolute Gasteiger partial charge is 0.274 e. The number of rotatable bonds is 5. The molecule has 1 amide bonds. The molecule has 2 aromatic carbocycles. The second-order valence-electron chi connectivity index (χ2n) is 5.79. The van der Waals surface area contributed by atoms with Crippen LogP contribution in [-0.4, -0.2) is 17.7 Å². The molecular formula is C20H17N3O3. The van der Waals surface area contributed by atoms with Crippen molar-refractivity contribution in [1.29, 1.82) is 0 Å². The van der Waals surface area contributed by atoms with Gasteiger partial charge >= 0.3 is 0 Å². The Bertz CT molecular complexity index is 929. The van der Waals surface area contributed by atoms with Crippen LogP contribution in [0.2, 0.25) is 0 Å². The predicted octanol–water partition coefficient (Wildman–Crippen LogP) is 3.67. The molecule has 3 aromatic rings. The number of para-hydroxylation sites is 1. The van der Waals surface area contributed by atoms with E-state index in [4.69, 9.17) is 9.47 Å². The lowest BCUT2D eigenvalue weighted by Crippen LogP contribution is -2.14. The van der Waals surface area contributed by atoms with E-state index in [0.29, 0.717) is 12.2 Å². The first kappa shape index (κ1) is 16.0. The Hall–Kier alpha value is -3.54. The fraction of sp³-hybridized carbons (Fsp3) is 0.100. The van der Waals surface area contributed by atoms with E-state index in [0.717, 1.165) is 28.4 Å². The first-order valence-corrected chi connectivity index (χ1v) is 8.23. The lowest BCUT2D eigenvalue weighted by Gasteiger charge is -2.09. The fourth-order valence-corrected chi connectivity index (χ4v) is 2.64. The van der Waals surface area contributed by atoms with Crippen LogP contribution in [0.1, 0.15) is 16.1 Å². The predicted molar refractivity (Wildman–Crippen MR) is 98.5 cm³/mol. The van der Waals surface area contributed by atoms with Gasteiger partial charge < -0.3 is 20.1 Å². The highest BCUT2D eigenvalue weighted by Gasteiger charge is 2.13. The second-order valence-corrected chi connectivity index (χ2v) is 5.79. The molecule has 1 aromatic heterocycles. The quantitative estimate of drug-likeness (QED) is 0.737. The molecule has 1 aliphatic rings. The number of aromatic nitrogens is 1. The van der Waals surface area contributed by atoms with E-state index in [1.54, 1.807) is 12.3 Å². The Balaban J connectivity index is 1.42. The van der Waals surface area contributed by atoms with Crippen molar-refractivity contribution in [2.45, 2.75) is 6.54 Å². The summed E-state index contributed by atoms with van der Waals surface area (Å²) >= 11 is 0. The monoisotopic (exact) mass is 347 g/mol. The summed E-state index contributed by atoms with van der Waals surface area (Å²) in [7, 11) is 0. The van der Waals surface area contributed by atoms with Crippen molar-refractivity contribution in [2.24, 2.45) is 0 Å². The molecule has 0 spiro atoms. The summed E-state index contributed by atoms with van der Waals surface area (Å²) in [5.74, 6) is 1.27. The van der Waals surface area contributed by atoms with E-state index in [1.807, 2.05) is 54.6 Å². The third kappa shape index (κ3) is 3.59. The maximum Gasteiger partial charge on any atom is 0.274 e. The van der Waals surface area contributed by atoms with Gasteiger partial charge in [0.05, 0.1) is 0 Å². The van der Waals surface area contributed by atoms with Crippen LogP contribution in [-0.2, 0) is 6.54 Å². The molecule has 1 aliphatic heterocycles. The summed E-state index contributed by atoms with van der Waals surface area (Å²) in [5.41, 5.74) is 2.96. The van der Waals surface area contributed by atoms with E-state index in [-0.39, 0.29) is 12.7 Å². The molecular weight excluding hydrogens is 330 g/mol. The highest BCUT2D eigenvalue weighted by molar-refractivity contribution is 6.03. The number of hydrogen-bond acceptors (Lipinski definition) is 5. The van der Waals surface area contributed by atoms with Gasteiger partial charge in [0.25, 0.3) is 5.91 Å². The molecule has 6 nitrogen and oxygen atoms in total. The summed E-state index contributed by atoms with van der Waals surface area (Å²) in [6.45, 7) is 0.858. The summed E-state index contributed by atoms with van der Waals surface area (Å²) in [5, 5.41) is 6.12. The number of fused-ring (bicyclic) bond motifs is 1. The van der Waals surface area contributed by atoms with Gasteiger partial charge in [-0.3, -0.25) is 9.78 Å². The van der Waals surface area contributed by atoms with E-state index in [2.05, 4.69) is 15.6 Å². The Kier molecular flexibility index (Phi) is 4.38. The molecule has 0 radical (unpaired) electrons. The first-order valence-electron chi connectivity index (χ1n) is 8.23. The molecule has 0 unspecified atom stereocenters. The maximum absolute atomic E-state index is 12.3. The van der Waals surface area contributed by atoms with Crippen molar-refractivity contribution < 1.29 is 14.3 Å². The van der Waals surface area contributed by atoms with Crippen LogP contribution in [0.4, 0.5) is 11.4 Å². The van der Waals surface area contributed by atoms with Crippen molar-refractivity contribution in [2.75, 3.05) is 17.4 Å². The standard InChI is InChI=1S/C20H17N3O3/c24-20(23-15-4-2-1-3-5-15)17-11-16(8-9-21-17)22-12-14-6-7-18-19(10-14)26-13-25-18/h1-11H,12-13H2,(H,21,22)(H,23,24). The van der Waals surface area contributed by atoms with E-state index in [1.165, 1.54) is 0 Å². The highest BCUT2D eigenvalue weighted by Crippen LogP contribution is 2.32. The van der Waals surface area contributed by atoms with Crippen LogP contribution in [0.5, 0.6) is 11.5 Å². The molecule has 0 bridgehead atoms. The van der Waals surface area contributed by atoms with Crippen LogP contribution in [0, 0.1) is 0 Å². The summed E-state index contributed by atoms with van der Waals surface area (Å²) in [4.78, 5) is 16.5. The molecule has 26 heavy (non-hydrogen) atoms. The van der Waals surface area contributed by atoms with Gasteiger partial charge in [-0.1, -0.05) is 24.3 Å². The van der Waals surface area contributed by atoms with Gasteiger partial charge in [-0.2, -0.15) is 0 Å². The normalized spacial score (nSPS) is 11.8. The minimum absolute atomic E-state index is 0.247. The van der Waals surface area contributed by atoms with Crippen molar-refractivity contribution in [3.05, 3.63) is 78.1 Å². The van der Waals surface area contributed by atoms with Crippen molar-refractivity contribution in [1.82, 2.24) is 4.98 Å². The summed E-state index contributed by atoms with van der Waals surface area (Å²) in [6.07, 6.45) is 1.61. The molecule has 0 saturated carbocycles. The number of carbonyl (C=O) groups is 1. The molecule has 0 aliphatic carbocycles. The second kappa shape index (κ2) is 7.14. The number of anilines is 2. The molecule has 0 saturated heterocycles. The third-order valence-electron chi connectivity index (χ3n) is 3.96. The SMILES string of the molecule is O=C(Nc1ccccc1)c1cc(NCc2ccc3c(c2)OCO3)ccn1. The van der Waals surface area contributed by atoms with E-state index < -0.39 is 0 Å². The first-order chi connectivity index (χ1) is 12.8. The van der Waals surface area contributed by atoms with Gasteiger partial charge in [-0.25, -0.2) is 0 Å². The third-order valence-corrected chi connectivity index (χ3v) is 3.96. The van der Waals surface area contributed by atoms with Gasteiger partial charge in [0.1, 0.15) is 5.69 Å². The lowest BCUT2D eigenvalue weighted by molar-refractivity contribution is 0.102. The van der Waals surface area contributed by atoms with Crippen LogP contribution >= 0.6 is 0 Å². The number of ether oxygens (including phenoxy) is 2. The summed E-state index contributed by atoms with van der Waals surface area (Å²) < 4.78 is 10.7. The number of hydrogen-bond donors (Lipinski definition) is 2. The van der Waals surface area contributed by atoms with Crippen molar-refractivity contribution in [3.63, 3.8) is 0 Å². The van der Waals surface area contributed by atoms with Gasteiger partial charge in [0.2, 0.25) is 6.79 Å². The number of nitrogens with one attached hydrogen (secondary N) is 2. The van der Waals surface area contributed by atoms with Crippen LogP contribution in [0.3, 0.4) is 0 Å². The molecule has 0 fully saturated rings. The molecule has 130 valence electrons. The van der Waals surface area contributed by atoms with E-state index >= 15 is 0 Å². The average molecular weight is 347 g/mol. The lowest BCUT2D eigenvalue weighted by atomic mass is 10.2. The zero-order chi connectivity index (χ0) is 17.8. The van der Waals surface area contributed by atoms with Gasteiger partial charge in [-0.05, 0) is 42.0 Å². The topological polar surface area (TPSA) is 72.5 Å². The van der Waals surface area contributed by atoms with Gasteiger partial charge in [0.15, 0.2) is 11.5 Å². The number of amides is 1. The fourth-order valence-electron chi connectivity index (χ4n) is 2.64. The van der Waals surface area contributed by atoms with Crippen LogP contribution in [0.25, 0.3) is 0 Å². The van der Waals surface area contributed by atoms with Gasteiger partial charge in [-0.15, -0.1) is 0 Å². The van der Waals surface area contributed by atoms with Gasteiger partial charge in [0, 0.05) is 24.1 Å². The molecule has 0 atom stereocenters. The number of benzene rings is 2.